The number of carbonyl (C=O) groups is 2. The first-order valence-corrected chi connectivity index (χ1v) is 6.76. The molecule has 0 atom stereocenters. The van der Waals surface area contributed by atoms with Crippen LogP contribution in [0.3, 0.4) is 0 Å². The van der Waals surface area contributed by atoms with Crippen LogP contribution in [0.15, 0.2) is 22.3 Å². The minimum absolute atomic E-state index is 0.150. The van der Waals surface area contributed by atoms with E-state index in [1.165, 1.54) is 11.8 Å². The summed E-state index contributed by atoms with van der Waals surface area (Å²) in [6, 6.07) is 0. The van der Waals surface area contributed by atoms with E-state index in [0.29, 0.717) is 29.0 Å². The number of nitrogens with one attached hydrogen (secondary N) is 1. The molecule has 5 heteroatoms. The van der Waals surface area contributed by atoms with Crippen LogP contribution in [0.25, 0.3) is 0 Å². The van der Waals surface area contributed by atoms with Crippen molar-refractivity contribution in [1.82, 2.24) is 5.32 Å². The van der Waals surface area contributed by atoms with Crippen LogP contribution in [-0.2, 0) is 9.59 Å². The first-order chi connectivity index (χ1) is 8.18. The Morgan fingerprint density at radius 2 is 2.06 bits per heavy atom. The van der Waals surface area contributed by atoms with Crippen molar-refractivity contribution in [3.63, 3.8) is 0 Å². The van der Waals surface area contributed by atoms with Crippen molar-refractivity contribution in [2.45, 2.75) is 32.1 Å². The van der Waals surface area contributed by atoms with Crippen molar-refractivity contribution in [3.05, 3.63) is 22.3 Å². The summed E-state index contributed by atoms with van der Waals surface area (Å²) < 4.78 is 0. The highest BCUT2D eigenvalue weighted by Crippen LogP contribution is 2.27. The highest BCUT2D eigenvalue weighted by atomic mass is 32.2. The van der Waals surface area contributed by atoms with Crippen molar-refractivity contribution in [2.24, 2.45) is 0 Å². The Bertz CT molecular complexity index is 412. The molecule has 0 unspecified atom stereocenters. The summed E-state index contributed by atoms with van der Waals surface area (Å²) in [5.41, 5.74) is 0.968. The van der Waals surface area contributed by atoms with Crippen LogP contribution in [-0.4, -0.2) is 22.7 Å². The molecule has 17 heavy (non-hydrogen) atoms. The van der Waals surface area contributed by atoms with E-state index in [0.717, 1.165) is 25.0 Å². The Balaban J connectivity index is 2.10. The van der Waals surface area contributed by atoms with Crippen LogP contribution in [0.5, 0.6) is 0 Å². The third-order valence-corrected chi connectivity index (χ3v) is 4.02. The predicted octanol–water partition coefficient (Wildman–Crippen LogP) is 2.04. The van der Waals surface area contributed by atoms with Gasteiger partial charge in [-0.15, -0.1) is 11.8 Å². The number of hydrogen-bond donors (Lipinski definition) is 2. The van der Waals surface area contributed by atoms with Crippen molar-refractivity contribution < 1.29 is 14.7 Å². The number of aliphatic carboxylic acids is 1. The lowest BCUT2D eigenvalue weighted by Crippen LogP contribution is -2.27. The molecule has 1 aliphatic heterocycles. The second-order valence-electron chi connectivity index (χ2n) is 4.13. The van der Waals surface area contributed by atoms with Gasteiger partial charge >= 0.3 is 5.97 Å². The summed E-state index contributed by atoms with van der Waals surface area (Å²) in [5, 5.41) is 11.8. The topological polar surface area (TPSA) is 66.4 Å². The van der Waals surface area contributed by atoms with Gasteiger partial charge in [-0.1, -0.05) is 6.08 Å². The summed E-state index contributed by atoms with van der Waals surface area (Å²) >= 11 is 1.53. The van der Waals surface area contributed by atoms with Crippen molar-refractivity contribution in [3.8, 4) is 0 Å². The van der Waals surface area contributed by atoms with Gasteiger partial charge in [0.25, 0.3) is 5.91 Å². The molecule has 2 rings (SSSR count). The third-order valence-electron chi connectivity index (χ3n) is 2.92. The van der Waals surface area contributed by atoms with Crippen LogP contribution in [0, 0.1) is 0 Å². The highest BCUT2D eigenvalue weighted by Gasteiger charge is 2.22. The Labute approximate surface area is 104 Å². The van der Waals surface area contributed by atoms with Crippen molar-refractivity contribution >= 4 is 23.6 Å². The maximum Gasteiger partial charge on any atom is 0.333 e. The van der Waals surface area contributed by atoms with Crippen molar-refractivity contribution in [1.29, 1.82) is 0 Å². The molecule has 1 aliphatic carbocycles. The Kier molecular flexibility index (Phi) is 3.89. The molecule has 92 valence electrons. The number of carboxylic acids is 1. The number of amides is 1. The minimum Gasteiger partial charge on any atom is -0.478 e. The van der Waals surface area contributed by atoms with E-state index >= 15 is 0 Å². The number of carbonyl (C=O) groups excluding carboxylic acids is 1. The maximum atomic E-state index is 11.9. The molecule has 2 N–H and O–H groups in total. The number of hydrogen-bond acceptors (Lipinski definition) is 3. The Morgan fingerprint density at radius 3 is 2.71 bits per heavy atom. The number of allylic oxidation sites excluding steroid dienone is 2. The average Bonchev–Trinajstić information content (AvgIpc) is 2.83. The smallest absolute Gasteiger partial charge is 0.333 e. The van der Waals surface area contributed by atoms with Gasteiger partial charge in [-0.3, -0.25) is 4.79 Å². The molecule has 1 heterocycles. The SMILES string of the molecule is O=C(O)C1=C(NC(=O)C2=CCCS2)CCCC1. The van der Waals surface area contributed by atoms with Gasteiger partial charge in [0.05, 0.1) is 10.5 Å². The van der Waals surface area contributed by atoms with E-state index in [2.05, 4.69) is 5.32 Å². The van der Waals surface area contributed by atoms with Crippen molar-refractivity contribution in [2.75, 3.05) is 5.75 Å². The quantitative estimate of drug-likeness (QED) is 0.807. The molecule has 0 radical (unpaired) electrons. The van der Waals surface area contributed by atoms with E-state index < -0.39 is 5.97 Å². The van der Waals surface area contributed by atoms with Gasteiger partial charge in [-0.25, -0.2) is 4.79 Å². The van der Waals surface area contributed by atoms with Gasteiger partial charge < -0.3 is 10.4 Å². The van der Waals surface area contributed by atoms with Crippen LogP contribution in [0.1, 0.15) is 32.1 Å². The monoisotopic (exact) mass is 253 g/mol. The van der Waals surface area contributed by atoms with E-state index in [-0.39, 0.29) is 5.91 Å². The Morgan fingerprint density at radius 1 is 1.29 bits per heavy atom. The normalized spacial score (nSPS) is 20.1. The van der Waals surface area contributed by atoms with Crippen LogP contribution in [0.4, 0.5) is 0 Å². The maximum absolute atomic E-state index is 11.9. The molecule has 0 aromatic rings. The number of carboxylic acid groups (broad SMARTS) is 1. The van der Waals surface area contributed by atoms with E-state index in [1.54, 1.807) is 0 Å². The molecule has 0 spiro atoms. The molecule has 0 aromatic heterocycles. The van der Waals surface area contributed by atoms with E-state index in [1.807, 2.05) is 6.08 Å². The first kappa shape index (κ1) is 12.2. The van der Waals surface area contributed by atoms with Crippen LogP contribution in [0.2, 0.25) is 0 Å². The lowest BCUT2D eigenvalue weighted by molar-refractivity contribution is -0.133. The zero-order chi connectivity index (χ0) is 12.3. The fourth-order valence-corrected chi connectivity index (χ4v) is 2.93. The van der Waals surface area contributed by atoms with Crippen LogP contribution < -0.4 is 5.32 Å². The van der Waals surface area contributed by atoms with E-state index in [4.69, 9.17) is 5.11 Å². The number of rotatable bonds is 3. The molecule has 4 nitrogen and oxygen atoms in total. The molecular formula is C12H15NO3S. The summed E-state index contributed by atoms with van der Waals surface area (Å²) in [6.45, 7) is 0. The molecule has 0 saturated heterocycles. The summed E-state index contributed by atoms with van der Waals surface area (Å²) in [4.78, 5) is 23.6. The average molecular weight is 253 g/mol. The molecule has 0 bridgehead atoms. The minimum atomic E-state index is -0.909. The summed E-state index contributed by atoms with van der Waals surface area (Å²) in [7, 11) is 0. The third kappa shape index (κ3) is 2.91. The lowest BCUT2D eigenvalue weighted by atomic mass is 9.96. The molecule has 1 amide bonds. The fraction of sp³-hybridized carbons (Fsp3) is 0.500. The van der Waals surface area contributed by atoms with E-state index in [9.17, 15) is 9.59 Å². The molecule has 2 aliphatic rings. The second-order valence-corrected chi connectivity index (χ2v) is 5.27. The highest BCUT2D eigenvalue weighted by molar-refractivity contribution is 8.04. The lowest BCUT2D eigenvalue weighted by Gasteiger charge is -2.18. The van der Waals surface area contributed by atoms with Gasteiger partial charge in [0, 0.05) is 11.4 Å². The van der Waals surface area contributed by atoms with Gasteiger partial charge in [0.1, 0.15) is 0 Å². The molecule has 0 aromatic carbocycles. The van der Waals surface area contributed by atoms with Gasteiger partial charge in [-0.05, 0) is 32.1 Å². The van der Waals surface area contributed by atoms with Gasteiger partial charge in [0.2, 0.25) is 0 Å². The standard InChI is InChI=1S/C12H15NO3S/c14-11(10-6-3-7-17-10)13-9-5-2-1-4-8(9)12(15)16/h6H,1-5,7H2,(H,13,14)(H,15,16). The second kappa shape index (κ2) is 5.40. The number of thioether (sulfide) groups is 1. The zero-order valence-electron chi connectivity index (χ0n) is 9.49. The molecule has 0 fully saturated rings. The van der Waals surface area contributed by atoms with Crippen LogP contribution >= 0.6 is 11.8 Å². The summed E-state index contributed by atoms with van der Waals surface area (Å²) in [6.07, 6.45) is 5.86. The van der Waals surface area contributed by atoms with Gasteiger partial charge in [-0.2, -0.15) is 0 Å². The predicted molar refractivity (Wildman–Crippen MR) is 66.4 cm³/mol. The molecular weight excluding hydrogens is 238 g/mol. The molecule has 0 saturated carbocycles. The van der Waals surface area contributed by atoms with Gasteiger partial charge in [0.15, 0.2) is 0 Å². The fourth-order valence-electron chi connectivity index (χ4n) is 2.05. The summed E-state index contributed by atoms with van der Waals surface area (Å²) in [5.74, 6) is -0.121. The Hall–Kier alpha value is -1.23. The first-order valence-electron chi connectivity index (χ1n) is 5.78. The largest absolute Gasteiger partial charge is 0.478 e. The zero-order valence-corrected chi connectivity index (χ0v) is 10.3.